The molecule has 5 aromatic rings. The number of oxime groups is 1. The van der Waals surface area contributed by atoms with Gasteiger partial charge in [-0.15, -0.1) is 5.10 Å². The molecule has 3 aromatic heterocycles. The van der Waals surface area contributed by atoms with Gasteiger partial charge >= 0.3 is 0 Å². The second-order valence-electron chi connectivity index (χ2n) is 7.69. The van der Waals surface area contributed by atoms with E-state index in [2.05, 4.69) is 25.3 Å². The third-order valence-electron chi connectivity index (χ3n) is 5.42. The van der Waals surface area contributed by atoms with Crippen LogP contribution in [0.15, 0.2) is 60.1 Å². The van der Waals surface area contributed by atoms with E-state index in [1.54, 1.807) is 35.9 Å². The topological polar surface area (TPSA) is 101 Å². The molecule has 0 aliphatic carbocycles. The Morgan fingerprint density at radius 2 is 1.79 bits per heavy atom. The Balaban J connectivity index is 1.37. The van der Waals surface area contributed by atoms with Gasteiger partial charge < -0.3 is 14.3 Å². The molecule has 0 saturated carbocycles. The van der Waals surface area contributed by atoms with Crippen LogP contribution >= 0.6 is 0 Å². The summed E-state index contributed by atoms with van der Waals surface area (Å²) in [5.41, 5.74) is 5.02. The highest BCUT2D eigenvalue weighted by molar-refractivity contribution is 5.98. The molecule has 0 amide bonds. The van der Waals surface area contributed by atoms with E-state index in [1.807, 2.05) is 56.3 Å². The van der Waals surface area contributed by atoms with Crippen molar-refractivity contribution in [3.05, 3.63) is 71.9 Å². The number of fused-ring (bicyclic) bond motifs is 3. The summed E-state index contributed by atoms with van der Waals surface area (Å²) in [6, 6.07) is 13.7. The summed E-state index contributed by atoms with van der Waals surface area (Å²) < 4.78 is 14.0. The first-order valence-corrected chi connectivity index (χ1v) is 10.6. The largest absolute Gasteiger partial charge is 0.493 e. The van der Waals surface area contributed by atoms with Crippen molar-refractivity contribution in [2.75, 3.05) is 14.2 Å². The van der Waals surface area contributed by atoms with E-state index in [0.717, 1.165) is 16.6 Å². The van der Waals surface area contributed by atoms with E-state index >= 15 is 0 Å². The first-order chi connectivity index (χ1) is 16.6. The fourth-order valence-corrected chi connectivity index (χ4v) is 3.60. The fraction of sp³-hybridized carbons (Fsp3) is 0.208. The standard InChI is InChI=1S/C24H23N7O3/c1-15-5-8-18(9-6-15)31-23-19(12-26-31)24-27-22(28-30(24)14-25-23)13-34-29-16(2)17-7-10-20(32-3)21(11-17)33-4/h5-12,14H,13H2,1-4H3/b29-16+. The minimum Gasteiger partial charge on any atom is -0.493 e. The molecule has 10 nitrogen and oxygen atoms in total. The van der Waals surface area contributed by atoms with E-state index in [1.165, 1.54) is 5.56 Å². The number of hydrogen-bond donors (Lipinski definition) is 0. The molecule has 0 N–H and O–H groups in total. The maximum Gasteiger partial charge on any atom is 0.192 e. The van der Waals surface area contributed by atoms with Crippen molar-refractivity contribution >= 4 is 22.4 Å². The summed E-state index contributed by atoms with van der Waals surface area (Å²) >= 11 is 0. The predicted molar refractivity (Wildman–Crippen MR) is 127 cm³/mol. The van der Waals surface area contributed by atoms with Crippen LogP contribution in [-0.2, 0) is 11.4 Å². The lowest BCUT2D eigenvalue weighted by Gasteiger charge is -2.09. The van der Waals surface area contributed by atoms with Gasteiger partial charge in [-0.3, -0.25) is 0 Å². The Morgan fingerprint density at radius 3 is 2.56 bits per heavy atom. The lowest BCUT2D eigenvalue weighted by Crippen LogP contribution is -2.00. The first-order valence-electron chi connectivity index (χ1n) is 10.6. The Morgan fingerprint density at radius 1 is 1.00 bits per heavy atom. The predicted octanol–water partition coefficient (Wildman–Crippen LogP) is 3.73. The molecule has 0 radical (unpaired) electrons. The summed E-state index contributed by atoms with van der Waals surface area (Å²) in [6.45, 7) is 4.01. The van der Waals surface area contributed by atoms with Crippen molar-refractivity contribution in [2.45, 2.75) is 20.5 Å². The van der Waals surface area contributed by atoms with Crippen LogP contribution in [-0.4, -0.2) is 49.3 Å². The van der Waals surface area contributed by atoms with Crippen LogP contribution < -0.4 is 9.47 Å². The number of benzene rings is 2. The van der Waals surface area contributed by atoms with E-state index in [0.29, 0.717) is 34.3 Å². The molecule has 0 aliphatic rings. The molecule has 172 valence electrons. The second-order valence-corrected chi connectivity index (χ2v) is 7.69. The highest BCUT2D eigenvalue weighted by Crippen LogP contribution is 2.28. The molecule has 0 bridgehead atoms. The summed E-state index contributed by atoms with van der Waals surface area (Å²) in [4.78, 5) is 14.7. The van der Waals surface area contributed by atoms with Gasteiger partial charge in [0, 0.05) is 5.56 Å². The zero-order valence-electron chi connectivity index (χ0n) is 19.3. The second kappa shape index (κ2) is 8.81. The van der Waals surface area contributed by atoms with Crippen LogP contribution in [0.4, 0.5) is 0 Å². The first kappa shape index (κ1) is 21.4. The van der Waals surface area contributed by atoms with E-state index < -0.39 is 0 Å². The van der Waals surface area contributed by atoms with Crippen LogP contribution in [0, 0.1) is 6.92 Å². The van der Waals surface area contributed by atoms with Gasteiger partial charge in [0.25, 0.3) is 0 Å². The summed E-state index contributed by atoms with van der Waals surface area (Å²) in [5.74, 6) is 1.76. The van der Waals surface area contributed by atoms with Crippen LogP contribution in [0.3, 0.4) is 0 Å². The van der Waals surface area contributed by atoms with Gasteiger partial charge in [0.2, 0.25) is 0 Å². The Bertz CT molecular complexity index is 1500. The summed E-state index contributed by atoms with van der Waals surface area (Å²) in [7, 11) is 3.19. The zero-order valence-corrected chi connectivity index (χ0v) is 19.3. The van der Waals surface area contributed by atoms with Gasteiger partial charge in [-0.25, -0.2) is 19.2 Å². The maximum absolute atomic E-state index is 5.53. The quantitative estimate of drug-likeness (QED) is 0.271. The van der Waals surface area contributed by atoms with Gasteiger partial charge in [-0.2, -0.15) is 5.10 Å². The summed E-state index contributed by atoms with van der Waals surface area (Å²) in [5, 5.41) is 14.0. The lowest BCUT2D eigenvalue weighted by atomic mass is 10.1. The number of nitrogens with zero attached hydrogens (tertiary/aromatic N) is 7. The zero-order chi connectivity index (χ0) is 23.7. The van der Waals surface area contributed by atoms with E-state index in [-0.39, 0.29) is 6.61 Å². The third kappa shape index (κ3) is 3.90. The van der Waals surface area contributed by atoms with Crippen molar-refractivity contribution in [1.29, 1.82) is 0 Å². The fourth-order valence-electron chi connectivity index (χ4n) is 3.60. The molecule has 0 spiro atoms. The van der Waals surface area contributed by atoms with Crippen LogP contribution in [0.5, 0.6) is 11.5 Å². The molecular formula is C24H23N7O3. The minimum atomic E-state index is 0.111. The van der Waals surface area contributed by atoms with Crippen LogP contribution in [0.25, 0.3) is 22.4 Å². The van der Waals surface area contributed by atoms with Crippen LogP contribution in [0.2, 0.25) is 0 Å². The molecular weight excluding hydrogens is 434 g/mol. The number of aryl methyl sites for hydroxylation is 1. The van der Waals surface area contributed by atoms with Gasteiger partial charge in [0.05, 0.1) is 37.2 Å². The monoisotopic (exact) mass is 457 g/mol. The smallest absolute Gasteiger partial charge is 0.192 e. The van der Waals surface area contributed by atoms with Crippen LogP contribution in [0.1, 0.15) is 23.9 Å². The van der Waals surface area contributed by atoms with Crippen molar-refractivity contribution in [3.8, 4) is 17.2 Å². The highest BCUT2D eigenvalue weighted by atomic mass is 16.6. The normalized spacial score (nSPS) is 11.8. The van der Waals surface area contributed by atoms with Gasteiger partial charge in [0.1, 0.15) is 6.33 Å². The number of ether oxygens (including phenoxy) is 2. The molecule has 0 atom stereocenters. The lowest BCUT2D eigenvalue weighted by molar-refractivity contribution is 0.125. The van der Waals surface area contributed by atoms with Gasteiger partial charge in [0.15, 0.2) is 35.2 Å². The Hall–Kier alpha value is -4.47. The summed E-state index contributed by atoms with van der Waals surface area (Å²) in [6.07, 6.45) is 3.37. The van der Waals surface area contributed by atoms with E-state index in [9.17, 15) is 0 Å². The molecule has 34 heavy (non-hydrogen) atoms. The third-order valence-corrected chi connectivity index (χ3v) is 5.42. The van der Waals surface area contributed by atoms with Gasteiger partial charge in [-0.1, -0.05) is 22.9 Å². The average molecular weight is 457 g/mol. The SMILES string of the molecule is COc1ccc(/C(C)=N/OCc2nc3c4cnn(-c5ccc(C)cc5)c4ncn3n2)cc1OC. The number of methoxy groups -OCH3 is 2. The van der Waals surface area contributed by atoms with Crippen molar-refractivity contribution in [2.24, 2.45) is 5.16 Å². The molecule has 5 rings (SSSR count). The Labute approximate surface area is 195 Å². The number of rotatable bonds is 7. The highest BCUT2D eigenvalue weighted by Gasteiger charge is 2.14. The van der Waals surface area contributed by atoms with Crippen molar-refractivity contribution < 1.29 is 14.3 Å². The molecule has 0 fully saturated rings. The number of aromatic nitrogens is 6. The number of hydrogen-bond acceptors (Lipinski definition) is 8. The van der Waals surface area contributed by atoms with Crippen molar-refractivity contribution in [3.63, 3.8) is 0 Å². The molecule has 2 aromatic carbocycles. The molecule has 0 saturated heterocycles. The Kier molecular flexibility index (Phi) is 5.54. The minimum absolute atomic E-state index is 0.111. The van der Waals surface area contributed by atoms with E-state index in [4.69, 9.17) is 14.3 Å². The average Bonchev–Trinajstić information content (AvgIpc) is 3.48. The van der Waals surface area contributed by atoms with Crippen molar-refractivity contribution in [1.82, 2.24) is 29.4 Å². The molecule has 3 heterocycles. The maximum atomic E-state index is 5.53. The molecule has 0 aliphatic heterocycles. The molecule has 10 heteroatoms. The molecule has 0 unspecified atom stereocenters. The van der Waals surface area contributed by atoms with Gasteiger partial charge in [-0.05, 0) is 44.2 Å².